The highest BCUT2D eigenvalue weighted by atomic mass is 16.2. The molecule has 1 aliphatic heterocycles. The van der Waals surface area contributed by atoms with Crippen molar-refractivity contribution in [1.29, 1.82) is 0 Å². The van der Waals surface area contributed by atoms with E-state index in [1.165, 1.54) is 0 Å². The van der Waals surface area contributed by atoms with Crippen LogP contribution < -0.4 is 27.2 Å². The van der Waals surface area contributed by atoms with Gasteiger partial charge in [0.2, 0.25) is 11.8 Å². The summed E-state index contributed by atoms with van der Waals surface area (Å²) in [6, 6.07) is 15.2. The van der Waals surface area contributed by atoms with E-state index in [1.807, 2.05) is 76.2 Å². The Bertz CT molecular complexity index is 956. The van der Waals surface area contributed by atoms with Crippen LogP contribution >= 0.6 is 0 Å². The Morgan fingerprint density at radius 1 is 0.941 bits per heavy atom. The predicted octanol–water partition coefficient (Wildman–Crippen LogP) is 4.53. The summed E-state index contributed by atoms with van der Waals surface area (Å²) in [5, 5.41) is 2.86. The second-order valence-corrected chi connectivity index (χ2v) is 7.29. The molecule has 0 fully saturated rings. The number of nitrogens with one attached hydrogen (secondary N) is 2. The normalized spacial score (nSPS) is 14.0. The van der Waals surface area contributed by atoms with Crippen LogP contribution in [0.4, 0.5) is 5.69 Å². The fraction of sp³-hybridized carbons (Fsp3) is 0.407. The molecule has 0 spiro atoms. The lowest BCUT2D eigenvalue weighted by atomic mass is 9.96. The fourth-order valence-corrected chi connectivity index (χ4v) is 3.60. The van der Waals surface area contributed by atoms with E-state index >= 15 is 0 Å². The van der Waals surface area contributed by atoms with E-state index < -0.39 is 0 Å². The fourth-order valence-electron chi connectivity index (χ4n) is 3.60. The highest BCUT2D eigenvalue weighted by molar-refractivity contribution is 6.01. The average Bonchev–Trinajstić information content (AvgIpc) is 2.88. The van der Waals surface area contributed by atoms with Gasteiger partial charge in [0.05, 0.1) is 23.6 Å². The summed E-state index contributed by atoms with van der Waals surface area (Å²) in [6.45, 7) is 11.1. The van der Waals surface area contributed by atoms with Crippen LogP contribution in [0, 0.1) is 0 Å². The number of carbonyl (C=O) groups is 2. The van der Waals surface area contributed by atoms with Crippen molar-refractivity contribution in [1.82, 2.24) is 10.7 Å². The van der Waals surface area contributed by atoms with Gasteiger partial charge in [0.1, 0.15) is 0 Å². The maximum Gasteiger partial charge on any atom is 0.227 e. The summed E-state index contributed by atoms with van der Waals surface area (Å²) in [5.41, 5.74) is 13.4. The maximum absolute atomic E-state index is 13.2. The van der Waals surface area contributed by atoms with Gasteiger partial charge in [-0.1, -0.05) is 83.5 Å². The number of nitrogens with two attached hydrogens (primary N) is 2. The van der Waals surface area contributed by atoms with Gasteiger partial charge in [0, 0.05) is 30.5 Å². The zero-order valence-corrected chi connectivity index (χ0v) is 21.3. The standard InChI is InChI=1S/C23H29N5O2.2C2H6/c1-2-3-14-26-20(29)12-13-21(30)28-15-16-8-4-5-9-17(16)22(24)23(27-25)18-10-6-7-11-19(18)28;2*1-2/h4-11,27H,2-3,12-15,24-25H2,1H3,(H,26,29);2*1-2H3/b23-22-;;. The number of hydrogen-bond acceptors (Lipinski definition) is 5. The van der Waals surface area contributed by atoms with Gasteiger partial charge in [-0.2, -0.15) is 0 Å². The summed E-state index contributed by atoms with van der Waals surface area (Å²) in [4.78, 5) is 27.0. The van der Waals surface area contributed by atoms with Crippen LogP contribution in [0.3, 0.4) is 0 Å². The smallest absolute Gasteiger partial charge is 0.227 e. The largest absolute Gasteiger partial charge is 0.396 e. The van der Waals surface area contributed by atoms with Gasteiger partial charge in [0.25, 0.3) is 0 Å². The van der Waals surface area contributed by atoms with Gasteiger partial charge >= 0.3 is 0 Å². The van der Waals surface area contributed by atoms with Gasteiger partial charge in [-0.25, -0.2) is 0 Å². The van der Waals surface area contributed by atoms with Gasteiger partial charge in [-0.05, 0) is 18.1 Å². The van der Waals surface area contributed by atoms with E-state index in [4.69, 9.17) is 11.6 Å². The number of para-hydroxylation sites is 1. The molecule has 0 saturated heterocycles. The molecular weight excluding hydrogens is 426 g/mol. The molecule has 7 nitrogen and oxygen atoms in total. The zero-order chi connectivity index (χ0) is 25.5. The molecule has 2 aromatic rings. The van der Waals surface area contributed by atoms with Crippen molar-refractivity contribution in [3.63, 3.8) is 0 Å². The second-order valence-electron chi connectivity index (χ2n) is 7.29. The molecule has 0 aliphatic carbocycles. The topological polar surface area (TPSA) is 113 Å². The summed E-state index contributed by atoms with van der Waals surface area (Å²) in [7, 11) is 0. The van der Waals surface area contributed by atoms with Gasteiger partial charge < -0.3 is 21.4 Å². The third-order valence-corrected chi connectivity index (χ3v) is 5.23. The molecule has 0 aromatic heterocycles. The Hall–Kier alpha value is -3.32. The Balaban J connectivity index is 0.00000137. The molecular formula is C27H41N5O2. The Labute approximate surface area is 204 Å². The van der Waals surface area contributed by atoms with E-state index in [9.17, 15) is 9.59 Å². The Morgan fingerprint density at radius 2 is 1.56 bits per heavy atom. The molecule has 2 amide bonds. The highest BCUT2D eigenvalue weighted by Crippen LogP contribution is 2.34. The first-order valence-electron chi connectivity index (χ1n) is 12.3. The monoisotopic (exact) mass is 467 g/mol. The number of benzene rings is 2. The van der Waals surface area contributed by atoms with Crippen LogP contribution in [0.5, 0.6) is 0 Å². The van der Waals surface area contributed by atoms with Crippen LogP contribution in [-0.2, 0) is 16.1 Å². The number of fused-ring (bicyclic) bond motifs is 2. The van der Waals surface area contributed by atoms with Crippen molar-refractivity contribution >= 4 is 28.9 Å². The zero-order valence-electron chi connectivity index (χ0n) is 21.3. The average molecular weight is 468 g/mol. The molecule has 0 unspecified atom stereocenters. The quantitative estimate of drug-likeness (QED) is 0.271. The van der Waals surface area contributed by atoms with E-state index in [0.29, 0.717) is 30.2 Å². The molecule has 0 atom stereocenters. The van der Waals surface area contributed by atoms with Crippen molar-refractivity contribution in [3.05, 3.63) is 65.2 Å². The van der Waals surface area contributed by atoms with Gasteiger partial charge in [-0.15, -0.1) is 0 Å². The first-order valence-corrected chi connectivity index (χ1v) is 12.3. The number of unbranched alkanes of at least 4 members (excludes halogenated alkanes) is 1. The first kappa shape index (κ1) is 28.7. The third-order valence-electron chi connectivity index (χ3n) is 5.23. The van der Waals surface area contributed by atoms with E-state index in [-0.39, 0.29) is 24.7 Å². The first-order chi connectivity index (χ1) is 16.6. The molecule has 0 bridgehead atoms. The number of hydrogen-bond donors (Lipinski definition) is 4. The third kappa shape index (κ3) is 7.35. The number of anilines is 1. The molecule has 1 heterocycles. The molecule has 0 saturated carbocycles. The van der Waals surface area contributed by atoms with Crippen LogP contribution in [0.15, 0.2) is 48.5 Å². The van der Waals surface area contributed by atoms with Crippen molar-refractivity contribution in [2.24, 2.45) is 11.6 Å². The van der Waals surface area contributed by atoms with Crippen molar-refractivity contribution in [3.8, 4) is 0 Å². The number of hydrazine groups is 1. The number of nitrogens with zero attached hydrogens (tertiary/aromatic N) is 1. The van der Waals surface area contributed by atoms with E-state index in [1.54, 1.807) is 4.90 Å². The van der Waals surface area contributed by atoms with Gasteiger partial charge in [-0.3, -0.25) is 15.4 Å². The molecule has 2 aromatic carbocycles. The SMILES string of the molecule is CC.CC.CCCCNC(=O)CCC(=O)N1Cc2ccccc2/C(N)=C(/NN)c2ccccc21. The molecule has 34 heavy (non-hydrogen) atoms. The second kappa shape index (κ2) is 15.5. The van der Waals surface area contributed by atoms with E-state index in [0.717, 1.165) is 29.5 Å². The molecule has 3 rings (SSSR count). The minimum Gasteiger partial charge on any atom is -0.396 e. The van der Waals surface area contributed by atoms with E-state index in [2.05, 4.69) is 17.7 Å². The van der Waals surface area contributed by atoms with Gasteiger partial charge in [0.15, 0.2) is 0 Å². The lowest BCUT2D eigenvalue weighted by Crippen LogP contribution is -2.35. The summed E-state index contributed by atoms with van der Waals surface area (Å²) in [6.07, 6.45) is 2.22. The molecule has 7 heteroatoms. The van der Waals surface area contributed by atoms with Crippen LogP contribution in [0.2, 0.25) is 0 Å². The minimum atomic E-state index is -0.125. The highest BCUT2D eigenvalue weighted by Gasteiger charge is 2.26. The lowest BCUT2D eigenvalue weighted by molar-refractivity contribution is -0.125. The Morgan fingerprint density at radius 3 is 2.21 bits per heavy atom. The summed E-state index contributed by atoms with van der Waals surface area (Å²) < 4.78 is 0. The van der Waals surface area contributed by atoms with Crippen molar-refractivity contribution in [2.75, 3.05) is 11.4 Å². The predicted molar refractivity (Wildman–Crippen MR) is 142 cm³/mol. The van der Waals surface area contributed by atoms with Crippen molar-refractivity contribution in [2.45, 2.75) is 66.8 Å². The molecule has 1 aliphatic rings. The molecule has 0 radical (unpaired) electrons. The Kier molecular flexibility index (Phi) is 13.1. The van der Waals surface area contributed by atoms with Crippen LogP contribution in [0.25, 0.3) is 11.4 Å². The number of amides is 2. The van der Waals surface area contributed by atoms with Crippen LogP contribution in [0.1, 0.15) is 77.0 Å². The van der Waals surface area contributed by atoms with Crippen LogP contribution in [-0.4, -0.2) is 18.4 Å². The summed E-state index contributed by atoms with van der Waals surface area (Å²) >= 11 is 0. The van der Waals surface area contributed by atoms with Crippen molar-refractivity contribution < 1.29 is 9.59 Å². The lowest BCUT2D eigenvalue weighted by Gasteiger charge is -2.30. The molecule has 186 valence electrons. The summed E-state index contributed by atoms with van der Waals surface area (Å²) in [5.74, 6) is 5.59. The molecule has 6 N–H and O–H groups in total. The number of carbonyl (C=O) groups excluding carboxylic acids is 2. The minimum absolute atomic E-state index is 0.106. The maximum atomic E-state index is 13.2. The number of rotatable bonds is 7.